The Morgan fingerprint density at radius 3 is 2.32 bits per heavy atom. The summed E-state index contributed by atoms with van der Waals surface area (Å²) >= 11 is 0. The summed E-state index contributed by atoms with van der Waals surface area (Å²) in [5.41, 5.74) is 2.94. The number of hydrogen-bond acceptors (Lipinski definition) is 2. The number of halogens is 1. The van der Waals surface area contributed by atoms with Crippen LogP contribution in [0.25, 0.3) is 0 Å². The summed E-state index contributed by atoms with van der Waals surface area (Å²) in [6.07, 6.45) is 7.21. The van der Waals surface area contributed by atoms with Gasteiger partial charge in [0.05, 0.1) is 5.41 Å². The van der Waals surface area contributed by atoms with Crippen molar-refractivity contribution in [1.29, 1.82) is 0 Å². The Morgan fingerprint density at radius 2 is 1.72 bits per heavy atom. The van der Waals surface area contributed by atoms with Crippen LogP contribution in [0.1, 0.15) is 49.7 Å². The topological polar surface area (TPSA) is 41.1 Å². The zero-order valence-electron chi connectivity index (χ0n) is 15.4. The molecule has 2 atom stereocenters. The lowest BCUT2D eigenvalue weighted by Crippen LogP contribution is -2.59. The van der Waals surface area contributed by atoms with E-state index in [4.69, 9.17) is 0 Å². The second-order valence-corrected chi connectivity index (χ2v) is 8.75. The molecule has 1 amide bonds. The van der Waals surface area contributed by atoms with Crippen LogP contribution >= 0.6 is 12.4 Å². The first-order valence-electron chi connectivity index (χ1n) is 9.55. The summed E-state index contributed by atoms with van der Waals surface area (Å²) in [6, 6.07) is 9.14. The monoisotopic (exact) mass is 362 g/mol. The van der Waals surface area contributed by atoms with Crippen LogP contribution in [-0.4, -0.2) is 26.0 Å². The summed E-state index contributed by atoms with van der Waals surface area (Å²) in [5, 5.41) is 6.34. The highest BCUT2D eigenvalue weighted by atomic mass is 35.5. The number of carbonyl (C=O) groups is 1. The van der Waals surface area contributed by atoms with Crippen LogP contribution in [0.5, 0.6) is 0 Å². The number of likely N-dealkylation sites (N-methyl/N-ethyl adjacent to an activating group) is 1. The van der Waals surface area contributed by atoms with Crippen molar-refractivity contribution in [2.24, 2.45) is 17.3 Å². The fourth-order valence-electron chi connectivity index (χ4n) is 6.26. The third kappa shape index (κ3) is 3.21. The van der Waals surface area contributed by atoms with Crippen molar-refractivity contribution in [2.45, 2.75) is 50.9 Å². The van der Waals surface area contributed by atoms with E-state index in [1.54, 1.807) is 0 Å². The van der Waals surface area contributed by atoms with Crippen molar-refractivity contribution in [3.63, 3.8) is 0 Å². The van der Waals surface area contributed by atoms with Crippen LogP contribution in [0.4, 0.5) is 0 Å². The third-order valence-corrected chi connectivity index (χ3v) is 6.87. The van der Waals surface area contributed by atoms with Gasteiger partial charge in [-0.05, 0) is 75.3 Å². The molecular weight excluding hydrogens is 332 g/mol. The van der Waals surface area contributed by atoms with Crippen LogP contribution in [-0.2, 0) is 10.2 Å². The van der Waals surface area contributed by atoms with Gasteiger partial charge in [-0.1, -0.05) is 29.8 Å². The highest BCUT2D eigenvalue weighted by Gasteiger charge is 2.60. The molecule has 1 aromatic carbocycles. The van der Waals surface area contributed by atoms with Crippen molar-refractivity contribution in [3.8, 4) is 0 Å². The van der Waals surface area contributed by atoms with Crippen LogP contribution < -0.4 is 10.6 Å². The third-order valence-electron chi connectivity index (χ3n) is 6.87. The van der Waals surface area contributed by atoms with E-state index in [-0.39, 0.29) is 23.2 Å². The van der Waals surface area contributed by atoms with Gasteiger partial charge in [-0.2, -0.15) is 0 Å². The quantitative estimate of drug-likeness (QED) is 0.786. The lowest BCUT2D eigenvalue weighted by Gasteiger charge is -2.61. The molecule has 3 nitrogen and oxygen atoms in total. The molecule has 0 aliphatic heterocycles. The van der Waals surface area contributed by atoms with Gasteiger partial charge in [-0.15, -0.1) is 12.4 Å². The van der Waals surface area contributed by atoms with E-state index in [0.717, 1.165) is 44.2 Å². The van der Waals surface area contributed by atoms with Crippen LogP contribution in [0, 0.1) is 24.2 Å². The number of rotatable bonds is 5. The number of amides is 1. The van der Waals surface area contributed by atoms with E-state index in [0.29, 0.717) is 5.91 Å². The molecule has 2 unspecified atom stereocenters. The van der Waals surface area contributed by atoms with Crippen LogP contribution in [0.3, 0.4) is 0 Å². The molecule has 0 saturated heterocycles. The lowest BCUT2D eigenvalue weighted by atomic mass is 9.42. The Balaban J connectivity index is 0.00000182. The molecule has 0 radical (unpaired) electrons. The van der Waals surface area contributed by atoms with E-state index in [1.807, 2.05) is 7.05 Å². The number of benzene rings is 1. The van der Waals surface area contributed by atoms with E-state index in [2.05, 4.69) is 41.8 Å². The lowest BCUT2D eigenvalue weighted by molar-refractivity contribution is -0.149. The van der Waals surface area contributed by atoms with E-state index in [9.17, 15) is 4.79 Å². The summed E-state index contributed by atoms with van der Waals surface area (Å²) in [7, 11) is 1.93. The Kier molecular flexibility index (Phi) is 5.18. The summed E-state index contributed by atoms with van der Waals surface area (Å²) in [4.78, 5) is 13.1. The number of carbonyl (C=O) groups excluding carboxylic acids is 1. The maximum atomic E-state index is 13.1. The van der Waals surface area contributed by atoms with Crippen molar-refractivity contribution in [2.75, 3.05) is 20.1 Å². The average Bonchev–Trinajstić information content (AvgIpc) is 2.54. The fourth-order valence-corrected chi connectivity index (χ4v) is 6.26. The second kappa shape index (κ2) is 6.92. The normalized spacial score (nSPS) is 35.3. The molecule has 25 heavy (non-hydrogen) atoms. The molecule has 4 saturated carbocycles. The zero-order chi connectivity index (χ0) is 16.8. The number of hydrogen-bond donors (Lipinski definition) is 2. The first-order valence-corrected chi connectivity index (χ1v) is 9.55. The Hall–Kier alpha value is -1.06. The van der Waals surface area contributed by atoms with E-state index in [1.165, 1.54) is 30.4 Å². The van der Waals surface area contributed by atoms with Crippen molar-refractivity contribution >= 4 is 18.3 Å². The van der Waals surface area contributed by atoms with Crippen molar-refractivity contribution < 1.29 is 4.79 Å². The van der Waals surface area contributed by atoms with Gasteiger partial charge in [0.25, 0.3) is 0 Å². The van der Waals surface area contributed by atoms with Crippen LogP contribution in [0.2, 0.25) is 0 Å². The molecule has 0 heterocycles. The van der Waals surface area contributed by atoms with Gasteiger partial charge in [0, 0.05) is 13.1 Å². The molecule has 138 valence electrons. The average molecular weight is 363 g/mol. The largest absolute Gasteiger partial charge is 0.354 e. The molecule has 4 aliphatic carbocycles. The molecule has 2 N–H and O–H groups in total. The van der Waals surface area contributed by atoms with Gasteiger partial charge in [-0.25, -0.2) is 0 Å². The van der Waals surface area contributed by atoms with Gasteiger partial charge in [0.1, 0.15) is 0 Å². The highest BCUT2D eigenvalue weighted by molar-refractivity contribution is 5.85. The first-order chi connectivity index (χ1) is 11.6. The second-order valence-electron chi connectivity index (χ2n) is 8.75. The molecule has 5 rings (SSSR count). The zero-order valence-corrected chi connectivity index (χ0v) is 16.3. The van der Waals surface area contributed by atoms with Crippen molar-refractivity contribution in [3.05, 3.63) is 35.4 Å². The molecule has 4 fully saturated rings. The molecule has 0 spiro atoms. The van der Waals surface area contributed by atoms with Gasteiger partial charge in [-0.3, -0.25) is 4.79 Å². The molecule has 4 heteroatoms. The number of aryl methyl sites for hydroxylation is 1. The van der Waals surface area contributed by atoms with Crippen molar-refractivity contribution in [1.82, 2.24) is 10.6 Å². The molecular formula is C21H31ClN2O. The predicted octanol–water partition coefficient (Wildman–Crippen LogP) is 3.59. The Bertz CT molecular complexity index is 613. The van der Waals surface area contributed by atoms with Gasteiger partial charge in [0.2, 0.25) is 5.91 Å². The Morgan fingerprint density at radius 1 is 1.08 bits per heavy atom. The SMILES string of the molecule is CNCCNC(=O)C12CC3CC(C1)CC(c1ccc(C)cc1)(C3)C2.Cl. The summed E-state index contributed by atoms with van der Waals surface area (Å²) < 4.78 is 0. The molecule has 1 aromatic rings. The first kappa shape index (κ1) is 18.7. The number of nitrogens with one attached hydrogen (secondary N) is 2. The Labute approximate surface area is 157 Å². The minimum Gasteiger partial charge on any atom is -0.354 e. The minimum atomic E-state index is -0.108. The summed E-state index contributed by atoms with van der Waals surface area (Å²) in [6.45, 7) is 3.74. The maximum Gasteiger partial charge on any atom is 0.226 e. The summed E-state index contributed by atoms with van der Waals surface area (Å²) in [5.74, 6) is 1.80. The van der Waals surface area contributed by atoms with E-state index < -0.39 is 0 Å². The van der Waals surface area contributed by atoms with Crippen LogP contribution in [0.15, 0.2) is 24.3 Å². The maximum absolute atomic E-state index is 13.1. The molecule has 4 aliphatic rings. The molecule has 4 bridgehead atoms. The van der Waals surface area contributed by atoms with Gasteiger partial charge in [0.15, 0.2) is 0 Å². The highest BCUT2D eigenvalue weighted by Crippen LogP contribution is 2.65. The minimum absolute atomic E-state index is 0. The van der Waals surface area contributed by atoms with Gasteiger partial charge >= 0.3 is 0 Å². The fraction of sp³-hybridized carbons (Fsp3) is 0.667. The standard InChI is InChI=1S/C21H30N2O.ClH/c1-15-3-5-18(6-4-15)20-10-16-9-17(11-20)13-21(12-16,14-20)19(24)23-8-7-22-2;/h3-6,16-17,22H,7-14H2,1-2H3,(H,23,24);1H. The predicted molar refractivity (Wildman–Crippen MR) is 104 cm³/mol. The van der Waals surface area contributed by atoms with E-state index >= 15 is 0 Å². The van der Waals surface area contributed by atoms with Gasteiger partial charge < -0.3 is 10.6 Å². The smallest absolute Gasteiger partial charge is 0.226 e. The molecule has 0 aromatic heterocycles.